The van der Waals surface area contributed by atoms with E-state index in [1.165, 1.54) is 4.90 Å². The molecule has 7 heteroatoms. The number of hydrogen-bond acceptors (Lipinski definition) is 5. The zero-order valence-electron chi connectivity index (χ0n) is 15.3. The minimum absolute atomic E-state index is 0.0586. The van der Waals surface area contributed by atoms with Gasteiger partial charge in [-0.15, -0.1) is 23.1 Å². The van der Waals surface area contributed by atoms with Crippen LogP contribution in [-0.2, 0) is 6.61 Å². The highest BCUT2D eigenvalue weighted by molar-refractivity contribution is 7.99. The maximum absolute atomic E-state index is 13.0. The second kappa shape index (κ2) is 8.55. The number of carbonyl (C=O) groups excluding carboxylic acids is 1. The van der Waals surface area contributed by atoms with Crippen LogP contribution in [0.1, 0.15) is 39.1 Å². The molecule has 4 nitrogen and oxygen atoms in total. The van der Waals surface area contributed by atoms with Gasteiger partial charge in [-0.1, -0.05) is 23.7 Å². The van der Waals surface area contributed by atoms with Crippen molar-refractivity contribution in [2.45, 2.75) is 30.9 Å². The molecule has 0 aliphatic carbocycles. The van der Waals surface area contributed by atoms with E-state index in [-0.39, 0.29) is 11.9 Å². The number of para-hydroxylation sites is 1. The topological polar surface area (TPSA) is 51.2 Å². The molecule has 0 saturated heterocycles. The molecule has 1 aromatic heterocycles. The Morgan fingerprint density at radius 1 is 1.32 bits per heavy atom. The lowest BCUT2D eigenvalue weighted by Crippen LogP contribution is -2.31. The number of benzene rings is 2. The summed E-state index contributed by atoms with van der Waals surface area (Å²) < 4.78 is 5.89. The number of halogens is 1. The van der Waals surface area contributed by atoms with Gasteiger partial charge < -0.3 is 10.1 Å². The van der Waals surface area contributed by atoms with Crippen LogP contribution in [0, 0.1) is 6.92 Å². The number of carbonyl (C=O) groups is 1. The molecule has 0 saturated carbocycles. The van der Waals surface area contributed by atoms with Crippen LogP contribution in [0.15, 0.2) is 52.7 Å². The average molecular weight is 431 g/mol. The first kappa shape index (κ1) is 19.3. The van der Waals surface area contributed by atoms with E-state index in [9.17, 15) is 4.79 Å². The van der Waals surface area contributed by atoms with E-state index in [2.05, 4.69) is 10.3 Å². The molecule has 1 unspecified atom stereocenters. The molecule has 1 atom stereocenters. The summed E-state index contributed by atoms with van der Waals surface area (Å²) in [5.74, 6) is 1.37. The number of thioether (sulfide) groups is 1. The van der Waals surface area contributed by atoms with Crippen LogP contribution in [0.5, 0.6) is 5.75 Å². The third-order valence-electron chi connectivity index (χ3n) is 4.49. The highest BCUT2D eigenvalue weighted by Crippen LogP contribution is 2.37. The lowest BCUT2D eigenvalue weighted by molar-refractivity contribution is 0.0930. The Balaban J connectivity index is 1.51. The molecular formula is C21H19ClN2O2S2. The van der Waals surface area contributed by atoms with Crippen LogP contribution in [0.2, 0.25) is 5.02 Å². The van der Waals surface area contributed by atoms with Gasteiger partial charge in [0.1, 0.15) is 12.4 Å². The SMILES string of the molecule is Cc1nc(COc2ccccc2C(=O)NC2CCSc3ccc(Cl)cc32)cs1. The summed E-state index contributed by atoms with van der Waals surface area (Å²) in [5, 5.41) is 6.81. The van der Waals surface area contributed by atoms with E-state index in [4.69, 9.17) is 16.3 Å². The molecular weight excluding hydrogens is 412 g/mol. The Kier molecular flexibility index (Phi) is 5.90. The van der Waals surface area contributed by atoms with Crippen molar-refractivity contribution in [2.75, 3.05) is 5.75 Å². The highest BCUT2D eigenvalue weighted by Gasteiger charge is 2.24. The van der Waals surface area contributed by atoms with Gasteiger partial charge in [-0.25, -0.2) is 4.98 Å². The molecule has 1 N–H and O–H groups in total. The van der Waals surface area contributed by atoms with Crippen molar-refractivity contribution in [3.05, 3.63) is 74.7 Å². The van der Waals surface area contributed by atoms with Gasteiger partial charge in [0.2, 0.25) is 0 Å². The molecule has 2 aromatic carbocycles. The van der Waals surface area contributed by atoms with Gasteiger partial charge in [0, 0.05) is 21.1 Å². The van der Waals surface area contributed by atoms with E-state index in [1.54, 1.807) is 29.2 Å². The van der Waals surface area contributed by atoms with Crippen LogP contribution in [0.4, 0.5) is 0 Å². The lowest BCUT2D eigenvalue weighted by Gasteiger charge is -2.26. The summed E-state index contributed by atoms with van der Waals surface area (Å²) in [6, 6.07) is 13.1. The van der Waals surface area contributed by atoms with Crippen molar-refractivity contribution in [3.8, 4) is 5.75 Å². The van der Waals surface area contributed by atoms with E-state index >= 15 is 0 Å². The third kappa shape index (κ3) is 4.35. The number of hydrogen-bond donors (Lipinski definition) is 1. The van der Waals surface area contributed by atoms with Crippen molar-refractivity contribution in [1.29, 1.82) is 0 Å². The van der Waals surface area contributed by atoms with Crippen LogP contribution >= 0.6 is 34.7 Å². The first-order valence-electron chi connectivity index (χ1n) is 8.96. The highest BCUT2D eigenvalue weighted by atomic mass is 35.5. The van der Waals surface area contributed by atoms with E-state index in [1.807, 2.05) is 48.7 Å². The van der Waals surface area contributed by atoms with Gasteiger partial charge in [0.15, 0.2) is 0 Å². The van der Waals surface area contributed by atoms with Gasteiger partial charge in [0.25, 0.3) is 5.91 Å². The fourth-order valence-corrected chi connectivity index (χ4v) is 5.04. The van der Waals surface area contributed by atoms with Crippen molar-refractivity contribution in [1.82, 2.24) is 10.3 Å². The molecule has 1 aliphatic rings. The monoisotopic (exact) mass is 430 g/mol. The minimum atomic E-state index is -0.145. The molecule has 2 heterocycles. The van der Waals surface area contributed by atoms with Crippen LogP contribution < -0.4 is 10.1 Å². The molecule has 0 bridgehead atoms. The average Bonchev–Trinajstić information content (AvgIpc) is 3.12. The molecule has 144 valence electrons. The smallest absolute Gasteiger partial charge is 0.255 e. The fourth-order valence-electron chi connectivity index (χ4n) is 3.16. The summed E-state index contributed by atoms with van der Waals surface area (Å²) >= 11 is 9.55. The van der Waals surface area contributed by atoms with Gasteiger partial charge >= 0.3 is 0 Å². The Morgan fingerprint density at radius 3 is 3.00 bits per heavy atom. The number of fused-ring (bicyclic) bond motifs is 1. The number of nitrogens with one attached hydrogen (secondary N) is 1. The molecule has 28 heavy (non-hydrogen) atoms. The fraction of sp³-hybridized carbons (Fsp3) is 0.238. The Hall–Kier alpha value is -2.02. The Morgan fingerprint density at radius 2 is 2.18 bits per heavy atom. The van der Waals surface area contributed by atoms with Gasteiger partial charge in [-0.05, 0) is 49.2 Å². The zero-order valence-corrected chi connectivity index (χ0v) is 17.7. The third-order valence-corrected chi connectivity index (χ3v) is 6.67. The number of ether oxygens (including phenoxy) is 1. The second-order valence-electron chi connectivity index (χ2n) is 6.49. The number of aromatic nitrogens is 1. The second-order valence-corrected chi connectivity index (χ2v) is 9.12. The maximum Gasteiger partial charge on any atom is 0.255 e. The molecule has 1 aliphatic heterocycles. The zero-order chi connectivity index (χ0) is 19.5. The maximum atomic E-state index is 13.0. The number of aryl methyl sites for hydroxylation is 1. The first-order valence-corrected chi connectivity index (χ1v) is 11.2. The molecule has 1 amide bonds. The van der Waals surface area contributed by atoms with Crippen molar-refractivity contribution < 1.29 is 9.53 Å². The van der Waals surface area contributed by atoms with Gasteiger partial charge in [0.05, 0.1) is 22.3 Å². The summed E-state index contributed by atoms with van der Waals surface area (Å²) in [7, 11) is 0. The van der Waals surface area contributed by atoms with E-state index in [0.717, 1.165) is 28.4 Å². The number of thiazole rings is 1. The Bertz CT molecular complexity index is 1010. The molecule has 4 rings (SSSR count). The van der Waals surface area contributed by atoms with Gasteiger partial charge in [-0.3, -0.25) is 4.79 Å². The lowest BCUT2D eigenvalue weighted by atomic mass is 10.0. The standard InChI is InChI=1S/C21H19ClN2O2S2/c1-13-23-15(12-28-13)11-26-19-5-3-2-4-16(19)21(25)24-18-8-9-27-20-7-6-14(22)10-17(18)20/h2-7,10,12,18H,8-9,11H2,1H3,(H,24,25). The Labute approximate surface area is 177 Å². The number of rotatable bonds is 5. The van der Waals surface area contributed by atoms with Crippen molar-refractivity contribution >= 4 is 40.6 Å². The van der Waals surface area contributed by atoms with E-state index < -0.39 is 0 Å². The van der Waals surface area contributed by atoms with Crippen LogP contribution in [0.3, 0.4) is 0 Å². The number of amides is 1. The largest absolute Gasteiger partial charge is 0.486 e. The minimum Gasteiger partial charge on any atom is -0.486 e. The molecule has 0 spiro atoms. The first-order chi connectivity index (χ1) is 13.6. The normalized spacial score (nSPS) is 15.7. The molecule has 0 radical (unpaired) electrons. The molecule has 0 fully saturated rings. The van der Waals surface area contributed by atoms with Crippen LogP contribution in [0.25, 0.3) is 0 Å². The van der Waals surface area contributed by atoms with Crippen molar-refractivity contribution in [3.63, 3.8) is 0 Å². The van der Waals surface area contributed by atoms with Crippen LogP contribution in [-0.4, -0.2) is 16.6 Å². The predicted octanol–water partition coefficient (Wildman–Crippen LogP) is 5.65. The number of nitrogens with zero attached hydrogens (tertiary/aromatic N) is 1. The van der Waals surface area contributed by atoms with Crippen molar-refractivity contribution in [2.24, 2.45) is 0 Å². The van der Waals surface area contributed by atoms with E-state index in [0.29, 0.717) is 22.9 Å². The summed E-state index contributed by atoms with van der Waals surface area (Å²) in [5.41, 5.74) is 2.47. The molecule has 3 aromatic rings. The quantitative estimate of drug-likeness (QED) is 0.568. The predicted molar refractivity (Wildman–Crippen MR) is 115 cm³/mol. The van der Waals surface area contributed by atoms with Gasteiger partial charge in [-0.2, -0.15) is 0 Å². The summed E-state index contributed by atoms with van der Waals surface area (Å²) in [4.78, 5) is 18.6. The summed E-state index contributed by atoms with van der Waals surface area (Å²) in [6.45, 7) is 2.30. The summed E-state index contributed by atoms with van der Waals surface area (Å²) in [6.07, 6.45) is 0.866.